The Kier molecular flexibility index (Phi) is 7.44. The maximum atomic E-state index is 5.72. The smallest absolute Gasteiger partial charge is 0.231 e. The zero-order chi connectivity index (χ0) is 14.8. The summed E-state index contributed by atoms with van der Waals surface area (Å²) in [6.45, 7) is 5.69. The molecule has 0 aliphatic carbocycles. The number of rotatable bonds is 11. The van der Waals surface area contributed by atoms with Gasteiger partial charge < -0.3 is 14.2 Å². The molecule has 3 heteroatoms. The molecule has 0 spiro atoms. The highest BCUT2D eigenvalue weighted by Crippen LogP contribution is 2.32. The fraction of sp³-hybridized carbons (Fsp3) is 0.611. The van der Waals surface area contributed by atoms with Gasteiger partial charge in [0, 0.05) is 6.61 Å². The molecule has 1 aromatic rings. The average Bonchev–Trinajstić information content (AvgIpc) is 2.97. The first-order valence-electron chi connectivity index (χ1n) is 8.15. The second-order valence-corrected chi connectivity index (χ2v) is 5.57. The molecular formula is C18H27O3. The highest BCUT2D eigenvalue weighted by atomic mass is 16.7. The minimum absolute atomic E-state index is 0.328. The molecule has 0 bridgehead atoms. The summed E-state index contributed by atoms with van der Waals surface area (Å²) >= 11 is 0. The second-order valence-electron chi connectivity index (χ2n) is 5.57. The molecule has 0 saturated carbocycles. The lowest BCUT2D eigenvalue weighted by Crippen LogP contribution is -1.96. The lowest BCUT2D eigenvalue weighted by Gasteiger charge is -2.05. The van der Waals surface area contributed by atoms with Crippen molar-refractivity contribution < 1.29 is 14.2 Å². The van der Waals surface area contributed by atoms with Crippen molar-refractivity contribution in [2.45, 2.75) is 58.0 Å². The number of hydrogen-bond donors (Lipinski definition) is 0. The van der Waals surface area contributed by atoms with Crippen LogP contribution in [0.5, 0.6) is 11.5 Å². The molecule has 0 N–H and O–H groups in total. The molecule has 117 valence electrons. The molecular weight excluding hydrogens is 264 g/mol. The summed E-state index contributed by atoms with van der Waals surface area (Å²) in [5.74, 6) is 1.66. The topological polar surface area (TPSA) is 27.7 Å². The van der Waals surface area contributed by atoms with Gasteiger partial charge in [-0.2, -0.15) is 0 Å². The molecule has 1 aromatic carbocycles. The Morgan fingerprint density at radius 2 is 1.62 bits per heavy atom. The van der Waals surface area contributed by atoms with Gasteiger partial charge in [0.2, 0.25) is 6.79 Å². The van der Waals surface area contributed by atoms with Crippen LogP contribution in [0, 0.1) is 6.92 Å². The van der Waals surface area contributed by atoms with Crippen LogP contribution in [0.1, 0.15) is 56.9 Å². The molecule has 0 amide bonds. The van der Waals surface area contributed by atoms with Gasteiger partial charge in [-0.1, -0.05) is 57.9 Å². The van der Waals surface area contributed by atoms with Crippen LogP contribution < -0.4 is 9.47 Å². The summed E-state index contributed by atoms with van der Waals surface area (Å²) in [6.07, 6.45) is 10.1. The molecule has 2 rings (SSSR count). The molecule has 0 fully saturated rings. The fourth-order valence-electron chi connectivity index (χ4n) is 2.49. The lowest BCUT2D eigenvalue weighted by atomic mass is 10.1. The highest BCUT2D eigenvalue weighted by molar-refractivity contribution is 5.44. The molecule has 0 aromatic heterocycles. The molecule has 3 nitrogen and oxygen atoms in total. The summed E-state index contributed by atoms with van der Waals surface area (Å²) in [6, 6.07) is 5.99. The van der Waals surface area contributed by atoms with E-state index < -0.39 is 0 Å². The number of ether oxygens (including phenoxy) is 3. The van der Waals surface area contributed by atoms with E-state index in [4.69, 9.17) is 14.2 Å². The van der Waals surface area contributed by atoms with Gasteiger partial charge in [-0.3, -0.25) is 0 Å². The normalized spacial score (nSPS) is 12.8. The molecule has 0 unspecified atom stereocenters. The first-order chi connectivity index (χ1) is 10.4. The van der Waals surface area contributed by atoms with Crippen LogP contribution in [0.25, 0.3) is 0 Å². The van der Waals surface area contributed by atoms with Crippen molar-refractivity contribution in [3.8, 4) is 11.5 Å². The lowest BCUT2D eigenvalue weighted by molar-refractivity contribution is 0.116. The van der Waals surface area contributed by atoms with E-state index in [1.165, 1.54) is 38.5 Å². The third-order valence-electron chi connectivity index (χ3n) is 3.74. The first-order valence-corrected chi connectivity index (χ1v) is 8.15. The predicted molar refractivity (Wildman–Crippen MR) is 84.5 cm³/mol. The van der Waals surface area contributed by atoms with Crippen molar-refractivity contribution in [3.63, 3.8) is 0 Å². The van der Waals surface area contributed by atoms with E-state index in [1.54, 1.807) is 0 Å². The standard InChI is InChI=1S/C18H27O3/c1-2-3-4-5-6-7-8-9-12-19-14-16-10-11-17-18(13-16)21-15-20-17/h10-11,13H,1-9,12,14-15H2. The van der Waals surface area contributed by atoms with Gasteiger partial charge in [0.05, 0.1) is 6.61 Å². The summed E-state index contributed by atoms with van der Waals surface area (Å²) in [4.78, 5) is 0. The molecule has 0 saturated heterocycles. The Bertz CT molecular complexity index is 403. The monoisotopic (exact) mass is 291 g/mol. The largest absolute Gasteiger partial charge is 0.454 e. The molecule has 0 atom stereocenters. The van der Waals surface area contributed by atoms with Gasteiger partial charge in [0.15, 0.2) is 11.5 Å². The number of hydrogen-bond acceptors (Lipinski definition) is 3. The van der Waals surface area contributed by atoms with Gasteiger partial charge >= 0.3 is 0 Å². The Balaban J connectivity index is 1.47. The van der Waals surface area contributed by atoms with Gasteiger partial charge in [0.1, 0.15) is 0 Å². The first kappa shape index (κ1) is 16.2. The highest BCUT2D eigenvalue weighted by Gasteiger charge is 2.12. The van der Waals surface area contributed by atoms with Gasteiger partial charge in [0.25, 0.3) is 0 Å². The van der Waals surface area contributed by atoms with Crippen molar-refractivity contribution in [2.24, 2.45) is 0 Å². The quantitative estimate of drug-likeness (QED) is 0.543. The average molecular weight is 291 g/mol. The zero-order valence-corrected chi connectivity index (χ0v) is 12.9. The van der Waals surface area contributed by atoms with E-state index in [-0.39, 0.29) is 0 Å². The second kappa shape index (κ2) is 9.67. The van der Waals surface area contributed by atoms with E-state index >= 15 is 0 Å². The summed E-state index contributed by atoms with van der Waals surface area (Å²) in [5.41, 5.74) is 1.15. The van der Waals surface area contributed by atoms with Crippen LogP contribution in [0.3, 0.4) is 0 Å². The van der Waals surface area contributed by atoms with Crippen molar-refractivity contribution in [3.05, 3.63) is 30.7 Å². The van der Waals surface area contributed by atoms with Crippen molar-refractivity contribution in [1.29, 1.82) is 0 Å². The SMILES string of the molecule is [CH2]CCCCCCCCCOCc1ccc2c(c1)OCO2. The van der Waals surface area contributed by atoms with E-state index in [0.717, 1.165) is 36.5 Å². The van der Waals surface area contributed by atoms with E-state index in [2.05, 4.69) is 6.92 Å². The van der Waals surface area contributed by atoms with Crippen LogP contribution in [0.4, 0.5) is 0 Å². The minimum atomic E-state index is 0.328. The third-order valence-corrected chi connectivity index (χ3v) is 3.74. The van der Waals surface area contributed by atoms with Crippen LogP contribution in [-0.4, -0.2) is 13.4 Å². The summed E-state index contributed by atoms with van der Waals surface area (Å²) in [7, 11) is 0. The van der Waals surface area contributed by atoms with E-state index in [1.807, 2.05) is 18.2 Å². The Labute approximate surface area is 128 Å². The number of unbranched alkanes of at least 4 members (excludes halogenated alkanes) is 7. The number of benzene rings is 1. The Morgan fingerprint density at radius 1 is 0.905 bits per heavy atom. The van der Waals surface area contributed by atoms with Crippen LogP contribution in [0.2, 0.25) is 0 Å². The van der Waals surface area contributed by atoms with E-state index in [9.17, 15) is 0 Å². The molecule has 1 radical (unpaired) electrons. The number of fused-ring (bicyclic) bond motifs is 1. The fourth-order valence-corrected chi connectivity index (χ4v) is 2.49. The zero-order valence-electron chi connectivity index (χ0n) is 12.9. The Hall–Kier alpha value is -1.22. The maximum Gasteiger partial charge on any atom is 0.231 e. The third kappa shape index (κ3) is 5.96. The van der Waals surface area contributed by atoms with Crippen LogP contribution in [-0.2, 0) is 11.3 Å². The molecule has 1 heterocycles. The molecule has 1 aliphatic heterocycles. The Morgan fingerprint density at radius 3 is 2.43 bits per heavy atom. The van der Waals surface area contributed by atoms with Crippen LogP contribution >= 0.6 is 0 Å². The maximum absolute atomic E-state index is 5.72. The van der Waals surface area contributed by atoms with Crippen molar-refractivity contribution >= 4 is 0 Å². The molecule has 1 aliphatic rings. The predicted octanol–water partition coefficient (Wildman–Crippen LogP) is 4.89. The van der Waals surface area contributed by atoms with Gasteiger partial charge in [-0.15, -0.1) is 0 Å². The molecule has 21 heavy (non-hydrogen) atoms. The van der Waals surface area contributed by atoms with E-state index in [0.29, 0.717) is 13.4 Å². The van der Waals surface area contributed by atoms with Crippen LogP contribution in [0.15, 0.2) is 18.2 Å². The van der Waals surface area contributed by atoms with Crippen molar-refractivity contribution in [1.82, 2.24) is 0 Å². The minimum Gasteiger partial charge on any atom is -0.454 e. The van der Waals surface area contributed by atoms with Gasteiger partial charge in [-0.25, -0.2) is 0 Å². The summed E-state index contributed by atoms with van der Waals surface area (Å²) in [5, 5.41) is 0. The van der Waals surface area contributed by atoms with Crippen molar-refractivity contribution in [2.75, 3.05) is 13.4 Å². The van der Waals surface area contributed by atoms with Gasteiger partial charge in [-0.05, 0) is 24.1 Å². The summed E-state index contributed by atoms with van der Waals surface area (Å²) < 4.78 is 16.4.